The van der Waals surface area contributed by atoms with Crippen molar-refractivity contribution >= 4 is 17.7 Å². The van der Waals surface area contributed by atoms with E-state index < -0.39 is 17.8 Å². The van der Waals surface area contributed by atoms with Crippen LogP contribution < -0.4 is 10.6 Å². The second kappa shape index (κ2) is 7.44. The Labute approximate surface area is 115 Å². The number of benzene rings is 1. The molecular weight excluding hydrogens is 267 g/mol. The van der Waals surface area contributed by atoms with Gasteiger partial charge in [-0.2, -0.15) is 0 Å². The van der Waals surface area contributed by atoms with Crippen molar-refractivity contribution in [3.8, 4) is 0 Å². The molecule has 2 amide bonds. The predicted molar refractivity (Wildman–Crippen MR) is 71.5 cm³/mol. The number of amides is 2. The number of ether oxygens (including phenoxy) is 1. The number of carboxylic acid groups (broad SMARTS) is 1. The number of hydrogen-bond acceptors (Lipinski definition) is 3. The number of carboxylic acids is 1. The Balaban J connectivity index is 2.55. The van der Waals surface area contributed by atoms with Gasteiger partial charge in [0.05, 0.1) is 24.0 Å². The van der Waals surface area contributed by atoms with Crippen molar-refractivity contribution in [2.45, 2.75) is 20.0 Å². The van der Waals surface area contributed by atoms with Gasteiger partial charge in [0.15, 0.2) is 0 Å². The summed E-state index contributed by atoms with van der Waals surface area (Å²) in [6, 6.07) is 2.54. The summed E-state index contributed by atoms with van der Waals surface area (Å²) in [7, 11) is 0. The highest BCUT2D eigenvalue weighted by Gasteiger charge is 2.13. The zero-order valence-electron chi connectivity index (χ0n) is 11.3. The van der Waals surface area contributed by atoms with Gasteiger partial charge in [-0.3, -0.25) is 0 Å². The second-order valence-electron chi connectivity index (χ2n) is 4.30. The monoisotopic (exact) mass is 284 g/mol. The van der Waals surface area contributed by atoms with Crippen LogP contribution in [0, 0.1) is 5.82 Å². The first-order chi connectivity index (χ1) is 9.40. The van der Waals surface area contributed by atoms with Crippen molar-refractivity contribution in [2.24, 2.45) is 0 Å². The fraction of sp³-hybridized carbons (Fsp3) is 0.385. The molecule has 7 heteroatoms. The van der Waals surface area contributed by atoms with Crippen LogP contribution >= 0.6 is 0 Å². The summed E-state index contributed by atoms with van der Waals surface area (Å²) in [4.78, 5) is 22.5. The molecule has 0 aromatic heterocycles. The Bertz CT molecular complexity index is 491. The van der Waals surface area contributed by atoms with Crippen molar-refractivity contribution < 1.29 is 23.8 Å². The number of hydrogen-bond donors (Lipinski definition) is 3. The van der Waals surface area contributed by atoms with E-state index in [-0.39, 0.29) is 23.9 Å². The zero-order valence-corrected chi connectivity index (χ0v) is 11.3. The van der Waals surface area contributed by atoms with Gasteiger partial charge in [-0.1, -0.05) is 0 Å². The fourth-order valence-corrected chi connectivity index (χ4v) is 1.43. The molecule has 1 aromatic rings. The van der Waals surface area contributed by atoms with Crippen LogP contribution in [0.2, 0.25) is 0 Å². The molecule has 0 radical (unpaired) electrons. The topological polar surface area (TPSA) is 87.7 Å². The maximum atomic E-state index is 13.0. The van der Waals surface area contributed by atoms with E-state index in [1.807, 2.05) is 13.8 Å². The van der Waals surface area contributed by atoms with Gasteiger partial charge in [0.2, 0.25) is 0 Å². The summed E-state index contributed by atoms with van der Waals surface area (Å²) in [6.07, 6.45) is 0.0653. The van der Waals surface area contributed by atoms with Crippen LogP contribution in [0.15, 0.2) is 18.2 Å². The lowest BCUT2D eigenvalue weighted by Gasteiger charge is -2.11. The normalized spacial score (nSPS) is 10.4. The van der Waals surface area contributed by atoms with Crippen LogP contribution in [0.1, 0.15) is 24.2 Å². The molecule has 0 aliphatic heterocycles. The molecule has 0 atom stereocenters. The van der Waals surface area contributed by atoms with E-state index in [4.69, 9.17) is 9.84 Å². The van der Waals surface area contributed by atoms with Crippen molar-refractivity contribution in [1.29, 1.82) is 0 Å². The van der Waals surface area contributed by atoms with E-state index in [2.05, 4.69) is 10.6 Å². The lowest BCUT2D eigenvalue weighted by atomic mass is 10.2. The quantitative estimate of drug-likeness (QED) is 0.698. The van der Waals surface area contributed by atoms with Gasteiger partial charge in [0.1, 0.15) is 5.82 Å². The third-order valence-corrected chi connectivity index (χ3v) is 2.30. The van der Waals surface area contributed by atoms with Crippen LogP contribution in [0.3, 0.4) is 0 Å². The first-order valence-electron chi connectivity index (χ1n) is 6.09. The number of rotatable bonds is 6. The van der Waals surface area contributed by atoms with Gasteiger partial charge >= 0.3 is 12.0 Å². The minimum absolute atomic E-state index is 0.0289. The number of halogens is 1. The molecule has 6 nitrogen and oxygen atoms in total. The molecule has 0 unspecified atom stereocenters. The van der Waals surface area contributed by atoms with E-state index in [1.54, 1.807) is 0 Å². The summed E-state index contributed by atoms with van der Waals surface area (Å²) >= 11 is 0. The van der Waals surface area contributed by atoms with Crippen molar-refractivity contribution in [3.05, 3.63) is 29.6 Å². The number of anilines is 1. The maximum Gasteiger partial charge on any atom is 0.337 e. The molecule has 20 heavy (non-hydrogen) atoms. The van der Waals surface area contributed by atoms with Crippen molar-refractivity contribution in [3.63, 3.8) is 0 Å². The first kappa shape index (κ1) is 15.9. The number of aromatic carboxylic acids is 1. The summed E-state index contributed by atoms with van der Waals surface area (Å²) in [5.41, 5.74) is -0.278. The number of urea groups is 1. The average Bonchev–Trinajstić information content (AvgIpc) is 2.36. The van der Waals surface area contributed by atoms with Crippen LogP contribution in [-0.4, -0.2) is 36.4 Å². The molecule has 3 N–H and O–H groups in total. The smallest absolute Gasteiger partial charge is 0.337 e. The third-order valence-electron chi connectivity index (χ3n) is 2.30. The third kappa shape index (κ3) is 5.23. The maximum absolute atomic E-state index is 13.0. The highest BCUT2D eigenvalue weighted by atomic mass is 19.1. The average molecular weight is 284 g/mol. The molecule has 0 heterocycles. The Morgan fingerprint density at radius 3 is 2.70 bits per heavy atom. The molecule has 1 rings (SSSR count). The van der Waals surface area contributed by atoms with Gasteiger partial charge < -0.3 is 20.5 Å². The van der Waals surface area contributed by atoms with Gasteiger partial charge in [-0.25, -0.2) is 14.0 Å². The van der Waals surface area contributed by atoms with Crippen LogP contribution in [0.25, 0.3) is 0 Å². The van der Waals surface area contributed by atoms with E-state index >= 15 is 0 Å². The summed E-state index contributed by atoms with van der Waals surface area (Å²) < 4.78 is 18.2. The van der Waals surface area contributed by atoms with Gasteiger partial charge in [-0.05, 0) is 32.0 Å². The zero-order chi connectivity index (χ0) is 15.1. The molecule has 0 aliphatic carbocycles. The molecule has 0 spiro atoms. The largest absolute Gasteiger partial charge is 0.478 e. The molecule has 110 valence electrons. The number of carbonyl (C=O) groups is 2. The SMILES string of the molecule is CC(C)OCCNC(=O)Nc1ccc(F)cc1C(=O)O. The van der Waals surface area contributed by atoms with Crippen LogP contribution in [-0.2, 0) is 4.74 Å². The highest BCUT2D eigenvalue weighted by molar-refractivity contribution is 5.99. The van der Waals surface area contributed by atoms with Crippen LogP contribution in [0.4, 0.5) is 14.9 Å². The van der Waals surface area contributed by atoms with Crippen molar-refractivity contribution in [1.82, 2.24) is 5.32 Å². The Morgan fingerprint density at radius 1 is 1.40 bits per heavy atom. The molecular formula is C13H17FN2O4. The molecule has 0 saturated carbocycles. The highest BCUT2D eigenvalue weighted by Crippen LogP contribution is 2.16. The van der Waals surface area contributed by atoms with Gasteiger partial charge in [-0.15, -0.1) is 0 Å². The standard InChI is InChI=1S/C13H17FN2O4/c1-8(2)20-6-5-15-13(19)16-11-4-3-9(14)7-10(11)12(17)18/h3-4,7-8H,5-6H2,1-2H3,(H,17,18)(H2,15,16,19). The lowest BCUT2D eigenvalue weighted by Crippen LogP contribution is -2.32. The van der Waals surface area contributed by atoms with Crippen LogP contribution in [0.5, 0.6) is 0 Å². The lowest BCUT2D eigenvalue weighted by molar-refractivity contribution is 0.0697. The minimum atomic E-state index is -1.32. The molecule has 0 bridgehead atoms. The van der Waals surface area contributed by atoms with E-state index in [9.17, 15) is 14.0 Å². The molecule has 0 saturated heterocycles. The molecule has 0 aliphatic rings. The Kier molecular flexibility index (Phi) is 5.92. The van der Waals surface area contributed by atoms with Crippen molar-refractivity contribution in [2.75, 3.05) is 18.5 Å². The number of carbonyl (C=O) groups excluding carboxylic acids is 1. The van der Waals surface area contributed by atoms with Gasteiger partial charge in [0.25, 0.3) is 0 Å². The Hall–Kier alpha value is -2.15. The minimum Gasteiger partial charge on any atom is -0.478 e. The van der Waals surface area contributed by atoms with E-state index in [1.165, 1.54) is 6.07 Å². The number of nitrogens with one attached hydrogen (secondary N) is 2. The van der Waals surface area contributed by atoms with E-state index in [0.717, 1.165) is 12.1 Å². The van der Waals surface area contributed by atoms with E-state index in [0.29, 0.717) is 6.61 Å². The fourth-order valence-electron chi connectivity index (χ4n) is 1.43. The van der Waals surface area contributed by atoms with Gasteiger partial charge in [0, 0.05) is 6.54 Å². The second-order valence-corrected chi connectivity index (χ2v) is 4.30. The first-order valence-corrected chi connectivity index (χ1v) is 6.09. The Morgan fingerprint density at radius 2 is 2.10 bits per heavy atom. The summed E-state index contributed by atoms with van der Waals surface area (Å²) in [5.74, 6) is -2.00. The summed E-state index contributed by atoms with van der Waals surface area (Å²) in [6.45, 7) is 4.38. The predicted octanol–water partition coefficient (Wildman–Crippen LogP) is 2.07. The molecule has 0 fully saturated rings. The summed E-state index contributed by atoms with van der Waals surface area (Å²) in [5, 5.41) is 13.8. The molecule has 1 aromatic carbocycles.